The summed E-state index contributed by atoms with van der Waals surface area (Å²) in [5.41, 5.74) is 4.69. The molecular weight excluding hydrogens is 389 g/mol. The quantitative estimate of drug-likeness (QED) is 0.642. The molecule has 0 radical (unpaired) electrons. The Kier molecular flexibility index (Phi) is 6.82. The van der Waals surface area contributed by atoms with Gasteiger partial charge in [0.15, 0.2) is 11.4 Å². The number of nitrogens with two attached hydrogens (primary N) is 1. The number of benzene rings is 1. The van der Waals surface area contributed by atoms with Gasteiger partial charge in [-0.1, -0.05) is 13.0 Å². The second-order valence-corrected chi connectivity index (χ2v) is 6.00. The van der Waals surface area contributed by atoms with E-state index in [9.17, 15) is 23.2 Å². The molecule has 2 aromatic rings. The molecule has 8 nitrogen and oxygen atoms in total. The van der Waals surface area contributed by atoms with Gasteiger partial charge in [-0.05, 0) is 31.5 Å². The van der Waals surface area contributed by atoms with E-state index in [1.165, 1.54) is 19.1 Å². The molecule has 1 aromatic carbocycles. The Bertz CT molecular complexity index is 927. The fourth-order valence-corrected chi connectivity index (χ4v) is 2.26. The minimum atomic E-state index is -4.53. The fourth-order valence-electron chi connectivity index (χ4n) is 2.26. The van der Waals surface area contributed by atoms with Crippen molar-refractivity contribution in [3.63, 3.8) is 0 Å². The van der Waals surface area contributed by atoms with Crippen molar-refractivity contribution in [2.45, 2.75) is 32.5 Å². The van der Waals surface area contributed by atoms with E-state index < -0.39 is 23.7 Å². The lowest BCUT2D eigenvalue weighted by Crippen LogP contribution is -2.32. The number of carbonyl (C=O) groups is 1. The number of hydrogen-bond donors (Lipinski definition) is 3. The maximum Gasteiger partial charge on any atom is 0.416 e. The fraction of sp³-hybridized carbons (Fsp3) is 0.333. The van der Waals surface area contributed by atoms with Crippen molar-refractivity contribution in [1.29, 1.82) is 5.26 Å². The maximum atomic E-state index is 12.8. The largest absolute Gasteiger partial charge is 0.477 e. The lowest BCUT2D eigenvalue weighted by molar-refractivity contribution is -0.137. The molecule has 11 heteroatoms. The summed E-state index contributed by atoms with van der Waals surface area (Å²) in [6.45, 7) is 3.63. The maximum absolute atomic E-state index is 12.8. The van der Waals surface area contributed by atoms with Gasteiger partial charge in [-0.15, -0.1) is 0 Å². The Morgan fingerprint density at radius 2 is 2.10 bits per heavy atom. The van der Waals surface area contributed by atoms with Crippen LogP contribution in [0.25, 0.3) is 0 Å². The van der Waals surface area contributed by atoms with Gasteiger partial charge in [-0.25, -0.2) is 0 Å². The van der Waals surface area contributed by atoms with Crippen LogP contribution in [0.5, 0.6) is 5.88 Å². The number of hydrogen-bond acceptors (Lipinski definition) is 7. The molecule has 0 aliphatic heterocycles. The highest BCUT2D eigenvalue weighted by Gasteiger charge is 2.30. The third-order valence-corrected chi connectivity index (χ3v) is 3.65. The summed E-state index contributed by atoms with van der Waals surface area (Å²) in [6, 6.07) is 5.19. The summed E-state index contributed by atoms with van der Waals surface area (Å²) in [4.78, 5) is 20.2. The number of alkyl halides is 3. The number of rotatable bonds is 7. The van der Waals surface area contributed by atoms with Gasteiger partial charge in [0.05, 0.1) is 12.2 Å². The number of nitriles is 1. The number of nitrogens with one attached hydrogen (secondary N) is 2. The number of amides is 1. The average molecular weight is 408 g/mol. The SMILES string of the molecule is CCCOc1nc(N)nc(N[C@@H](C)C(=O)Nc2cccc(C(F)(F)F)c2)c1C#N. The summed E-state index contributed by atoms with van der Waals surface area (Å²) in [7, 11) is 0. The van der Waals surface area contributed by atoms with Crippen LogP contribution >= 0.6 is 0 Å². The topological polar surface area (TPSA) is 126 Å². The van der Waals surface area contributed by atoms with Crippen molar-refractivity contribution in [1.82, 2.24) is 9.97 Å². The predicted octanol–water partition coefficient (Wildman–Crippen LogP) is 3.18. The molecule has 2 rings (SSSR count). The van der Waals surface area contributed by atoms with E-state index in [4.69, 9.17) is 10.5 Å². The summed E-state index contributed by atoms with van der Waals surface area (Å²) < 4.78 is 43.8. The van der Waals surface area contributed by atoms with Crippen LogP contribution in [0.1, 0.15) is 31.4 Å². The molecule has 0 bridgehead atoms. The predicted molar refractivity (Wildman–Crippen MR) is 100 cm³/mol. The minimum absolute atomic E-state index is 0.0159. The van der Waals surface area contributed by atoms with E-state index in [1.807, 2.05) is 13.0 Å². The molecule has 0 saturated carbocycles. The lowest BCUT2D eigenvalue weighted by Gasteiger charge is -2.17. The summed E-state index contributed by atoms with van der Waals surface area (Å²) in [5, 5.41) is 14.5. The molecule has 29 heavy (non-hydrogen) atoms. The van der Waals surface area contributed by atoms with Crippen LogP contribution in [0.15, 0.2) is 24.3 Å². The van der Waals surface area contributed by atoms with Crippen LogP contribution in [-0.4, -0.2) is 28.5 Å². The van der Waals surface area contributed by atoms with Crippen molar-refractivity contribution in [2.75, 3.05) is 23.0 Å². The molecule has 1 amide bonds. The molecule has 0 aliphatic rings. The van der Waals surface area contributed by atoms with Crippen LogP contribution in [-0.2, 0) is 11.0 Å². The molecule has 0 unspecified atom stereocenters. The zero-order valence-corrected chi connectivity index (χ0v) is 15.7. The van der Waals surface area contributed by atoms with E-state index in [1.54, 1.807) is 0 Å². The zero-order valence-electron chi connectivity index (χ0n) is 15.7. The van der Waals surface area contributed by atoms with Gasteiger partial charge in [0.25, 0.3) is 0 Å². The van der Waals surface area contributed by atoms with Gasteiger partial charge in [0.2, 0.25) is 17.7 Å². The Hall–Kier alpha value is -3.55. The number of carbonyl (C=O) groups excluding carboxylic acids is 1. The monoisotopic (exact) mass is 408 g/mol. The number of nitrogen functional groups attached to an aromatic ring is 1. The zero-order chi connectivity index (χ0) is 21.6. The lowest BCUT2D eigenvalue weighted by atomic mass is 10.2. The molecule has 1 atom stereocenters. The summed E-state index contributed by atoms with van der Waals surface area (Å²) in [5.74, 6) is -0.836. The van der Waals surface area contributed by atoms with Gasteiger partial charge < -0.3 is 21.1 Å². The Morgan fingerprint density at radius 1 is 1.38 bits per heavy atom. The highest BCUT2D eigenvalue weighted by atomic mass is 19.4. The van der Waals surface area contributed by atoms with Crippen LogP contribution in [0.4, 0.5) is 30.6 Å². The second-order valence-electron chi connectivity index (χ2n) is 6.00. The molecule has 0 saturated heterocycles. The van der Waals surface area contributed by atoms with Crippen molar-refractivity contribution in [2.24, 2.45) is 0 Å². The Labute approximate surface area is 164 Å². The number of anilines is 3. The van der Waals surface area contributed by atoms with Crippen LogP contribution in [0, 0.1) is 11.3 Å². The van der Waals surface area contributed by atoms with E-state index in [0.29, 0.717) is 13.0 Å². The molecule has 0 aliphatic carbocycles. The standard InChI is InChI=1S/C18H19F3N6O2/c1-3-7-29-16-13(9-22)14(26-17(23)27-16)24-10(2)15(28)25-12-6-4-5-11(8-12)18(19,20)21/h4-6,8,10H,3,7H2,1-2H3,(H,25,28)(H3,23,24,26,27)/t10-/m0/s1. The Balaban J connectivity index is 2.18. The number of ether oxygens (including phenoxy) is 1. The van der Waals surface area contributed by atoms with E-state index >= 15 is 0 Å². The van der Waals surface area contributed by atoms with E-state index in [0.717, 1.165) is 12.1 Å². The van der Waals surface area contributed by atoms with Crippen LogP contribution < -0.4 is 21.1 Å². The van der Waals surface area contributed by atoms with E-state index in [2.05, 4.69) is 20.6 Å². The van der Waals surface area contributed by atoms with Crippen LogP contribution in [0.3, 0.4) is 0 Å². The van der Waals surface area contributed by atoms with Crippen molar-refractivity contribution < 1.29 is 22.7 Å². The van der Waals surface area contributed by atoms with Gasteiger partial charge in [0, 0.05) is 5.69 Å². The molecule has 1 heterocycles. The summed E-state index contributed by atoms with van der Waals surface area (Å²) >= 11 is 0. The first kappa shape index (κ1) is 21.7. The average Bonchev–Trinajstić information content (AvgIpc) is 2.65. The highest BCUT2D eigenvalue weighted by molar-refractivity contribution is 5.96. The van der Waals surface area contributed by atoms with Crippen molar-refractivity contribution >= 4 is 23.4 Å². The van der Waals surface area contributed by atoms with Crippen LogP contribution in [0.2, 0.25) is 0 Å². The third-order valence-electron chi connectivity index (χ3n) is 3.65. The van der Waals surface area contributed by atoms with Gasteiger partial charge in [0.1, 0.15) is 12.1 Å². The second kappa shape index (κ2) is 9.09. The number of nitrogens with zero attached hydrogens (tertiary/aromatic N) is 3. The number of halogens is 3. The molecular formula is C18H19F3N6O2. The molecule has 154 valence electrons. The van der Waals surface area contributed by atoms with Crippen molar-refractivity contribution in [3.05, 3.63) is 35.4 Å². The highest BCUT2D eigenvalue weighted by Crippen LogP contribution is 2.30. The number of aromatic nitrogens is 2. The molecule has 4 N–H and O–H groups in total. The molecule has 0 spiro atoms. The molecule has 0 fully saturated rings. The minimum Gasteiger partial charge on any atom is -0.477 e. The third kappa shape index (κ3) is 5.71. The van der Waals surface area contributed by atoms with Gasteiger partial charge in [-0.3, -0.25) is 4.79 Å². The smallest absolute Gasteiger partial charge is 0.416 e. The van der Waals surface area contributed by atoms with Gasteiger partial charge in [-0.2, -0.15) is 28.4 Å². The summed E-state index contributed by atoms with van der Waals surface area (Å²) in [6.07, 6.45) is -3.85. The Morgan fingerprint density at radius 3 is 2.72 bits per heavy atom. The first-order chi connectivity index (χ1) is 13.7. The van der Waals surface area contributed by atoms with E-state index in [-0.39, 0.29) is 28.9 Å². The van der Waals surface area contributed by atoms with Gasteiger partial charge >= 0.3 is 6.18 Å². The van der Waals surface area contributed by atoms with Crippen molar-refractivity contribution in [3.8, 4) is 11.9 Å². The first-order valence-corrected chi connectivity index (χ1v) is 8.60. The first-order valence-electron chi connectivity index (χ1n) is 8.60. The normalized spacial score (nSPS) is 12.0. The molecule has 1 aromatic heterocycles.